The fourth-order valence-electron chi connectivity index (χ4n) is 3.28. The van der Waals surface area contributed by atoms with Gasteiger partial charge in [0.25, 0.3) is 5.91 Å². The highest BCUT2D eigenvalue weighted by molar-refractivity contribution is 8.00. The van der Waals surface area contributed by atoms with Crippen molar-refractivity contribution in [3.63, 3.8) is 0 Å². The van der Waals surface area contributed by atoms with Crippen molar-refractivity contribution >= 4 is 35.5 Å². The van der Waals surface area contributed by atoms with Crippen LogP contribution in [0.1, 0.15) is 12.5 Å². The summed E-state index contributed by atoms with van der Waals surface area (Å²) in [4.78, 5) is 48.8. The van der Waals surface area contributed by atoms with Crippen LogP contribution in [0, 0.1) is 0 Å². The quantitative estimate of drug-likeness (QED) is 0.230. The molecule has 1 aromatic carbocycles. The molecule has 166 valence electrons. The second kappa shape index (κ2) is 9.27. The highest BCUT2D eigenvalue weighted by Crippen LogP contribution is 2.40. The Hall–Kier alpha value is -3.25. The van der Waals surface area contributed by atoms with E-state index < -0.39 is 35.2 Å². The topological polar surface area (TPSA) is 168 Å². The number of benzene rings is 1. The zero-order chi connectivity index (χ0) is 22.7. The number of thioether (sulfide) groups is 1. The van der Waals surface area contributed by atoms with Gasteiger partial charge < -0.3 is 25.0 Å². The lowest BCUT2D eigenvalue weighted by Crippen LogP contribution is -2.70. The maximum absolute atomic E-state index is 12.6. The van der Waals surface area contributed by atoms with Gasteiger partial charge in [0.2, 0.25) is 5.91 Å². The Morgan fingerprint density at radius 3 is 2.71 bits per heavy atom. The molecular formula is C19H21N3O8S. The summed E-state index contributed by atoms with van der Waals surface area (Å²) in [5.74, 6) is -2.62. The molecule has 0 radical (unpaired) electrons. The van der Waals surface area contributed by atoms with Crippen LogP contribution in [0.2, 0.25) is 0 Å². The van der Waals surface area contributed by atoms with Crippen LogP contribution in [-0.4, -0.2) is 69.4 Å². The number of ether oxygens (including phenoxy) is 2. The minimum atomic E-state index is -1.30. The van der Waals surface area contributed by atoms with Crippen LogP contribution < -0.4 is 15.8 Å². The van der Waals surface area contributed by atoms with Gasteiger partial charge in [0.1, 0.15) is 30.5 Å². The number of carbonyl (C=O) groups excluding carboxylic acids is 3. The number of nitrogens with one attached hydrogen (secondary N) is 1. The molecule has 31 heavy (non-hydrogen) atoms. The number of aromatic hydroxyl groups is 1. The molecule has 3 rings (SSSR count). The lowest BCUT2D eigenvalue weighted by Gasteiger charge is -2.49. The predicted molar refractivity (Wildman–Crippen MR) is 108 cm³/mol. The van der Waals surface area contributed by atoms with E-state index in [0.29, 0.717) is 11.1 Å². The van der Waals surface area contributed by atoms with Gasteiger partial charge in [0, 0.05) is 18.2 Å². The van der Waals surface area contributed by atoms with Crippen molar-refractivity contribution in [2.45, 2.75) is 24.8 Å². The molecule has 0 bridgehead atoms. The van der Waals surface area contributed by atoms with Crippen LogP contribution in [0.4, 0.5) is 0 Å². The number of fused-ring (bicyclic) bond motifs is 1. The van der Waals surface area contributed by atoms with Gasteiger partial charge in [-0.05, 0) is 17.7 Å². The molecule has 2 heterocycles. The molecule has 2 aliphatic heterocycles. The smallest absolute Gasteiger partial charge is 0.352 e. The summed E-state index contributed by atoms with van der Waals surface area (Å²) >= 11 is 1.27. The van der Waals surface area contributed by atoms with Crippen molar-refractivity contribution < 1.29 is 38.9 Å². The van der Waals surface area contributed by atoms with Gasteiger partial charge in [0.05, 0.1) is 6.42 Å². The van der Waals surface area contributed by atoms with E-state index in [9.17, 15) is 29.4 Å². The van der Waals surface area contributed by atoms with Crippen LogP contribution in [0.3, 0.4) is 0 Å². The third-order valence-electron chi connectivity index (χ3n) is 4.64. The number of carbonyl (C=O) groups is 4. The second-order valence-electron chi connectivity index (χ2n) is 6.78. The van der Waals surface area contributed by atoms with Crippen molar-refractivity contribution in [3.05, 3.63) is 35.0 Å². The zero-order valence-electron chi connectivity index (χ0n) is 16.5. The first-order valence-corrected chi connectivity index (χ1v) is 10.2. The van der Waals surface area contributed by atoms with Gasteiger partial charge in [0.15, 0.2) is 11.5 Å². The molecule has 0 saturated carbocycles. The predicted octanol–water partition coefficient (Wildman–Crippen LogP) is -0.469. The van der Waals surface area contributed by atoms with Gasteiger partial charge in [-0.1, -0.05) is 6.07 Å². The summed E-state index contributed by atoms with van der Waals surface area (Å²) in [6, 6.07) is 3.55. The second-order valence-corrected chi connectivity index (χ2v) is 7.89. The molecule has 2 amide bonds. The number of aliphatic carboxylic acids is 1. The maximum atomic E-state index is 12.6. The monoisotopic (exact) mass is 451 g/mol. The number of nitrogens with two attached hydrogens (primary N) is 1. The molecule has 0 spiro atoms. The van der Waals surface area contributed by atoms with Crippen molar-refractivity contribution in [1.82, 2.24) is 10.2 Å². The number of β-lactam (4-membered cyclic amide) rings is 1. The van der Waals surface area contributed by atoms with Crippen LogP contribution in [0.25, 0.3) is 0 Å². The molecule has 0 unspecified atom stereocenters. The lowest BCUT2D eigenvalue weighted by atomic mass is 10.0. The van der Waals surface area contributed by atoms with Crippen molar-refractivity contribution in [1.29, 1.82) is 0 Å². The van der Waals surface area contributed by atoms with E-state index >= 15 is 0 Å². The SMILES string of the molecule is CC(=O)OCC1=C(C(=O)O)N2C(=O)[C@@H](NC(=O)Cc3ccc(OCN)c(O)c3)[C@H]2SC1. The number of hydrogen-bond donors (Lipinski definition) is 4. The van der Waals surface area contributed by atoms with E-state index in [4.69, 9.17) is 15.2 Å². The molecule has 1 saturated heterocycles. The molecule has 1 aromatic rings. The number of carboxylic acids is 1. The first-order valence-electron chi connectivity index (χ1n) is 9.20. The summed E-state index contributed by atoms with van der Waals surface area (Å²) in [5, 5.41) is 21.5. The number of carboxylic acid groups (broad SMARTS) is 1. The van der Waals surface area contributed by atoms with Gasteiger partial charge >= 0.3 is 11.9 Å². The van der Waals surface area contributed by atoms with Gasteiger partial charge in [-0.2, -0.15) is 0 Å². The molecule has 11 nitrogen and oxygen atoms in total. The fraction of sp³-hybridized carbons (Fsp3) is 0.368. The zero-order valence-corrected chi connectivity index (χ0v) is 17.3. The van der Waals surface area contributed by atoms with Crippen molar-refractivity contribution in [2.75, 3.05) is 19.1 Å². The van der Waals surface area contributed by atoms with Crippen LogP contribution in [-0.2, 0) is 30.3 Å². The standard InChI is InChI=1S/C19H21N3O8S/c1-9(23)29-6-11-7-31-18-15(17(26)22(18)16(11)19(27)28)21-14(25)5-10-2-3-13(30-8-20)12(24)4-10/h2-4,15,18,24H,5-8,20H2,1H3,(H,21,25)(H,27,28)/t15-,18-/m1/s1. The van der Waals surface area contributed by atoms with E-state index in [-0.39, 0.29) is 42.7 Å². The third-order valence-corrected chi connectivity index (χ3v) is 5.98. The molecule has 0 aliphatic carbocycles. The third kappa shape index (κ3) is 4.75. The molecule has 12 heteroatoms. The minimum absolute atomic E-state index is 0.100. The summed E-state index contributed by atoms with van der Waals surface area (Å²) in [7, 11) is 0. The number of amides is 2. The maximum Gasteiger partial charge on any atom is 0.352 e. The first-order chi connectivity index (χ1) is 14.7. The minimum Gasteiger partial charge on any atom is -0.504 e. The van der Waals surface area contributed by atoms with Crippen LogP contribution in [0.15, 0.2) is 29.5 Å². The Labute approximate surface area is 181 Å². The number of phenols is 1. The summed E-state index contributed by atoms with van der Waals surface area (Å²) in [6.07, 6.45) is -0.100. The first kappa shape index (κ1) is 22.4. The number of rotatable bonds is 8. The highest BCUT2D eigenvalue weighted by atomic mass is 32.2. The van der Waals surface area contributed by atoms with Gasteiger partial charge in [-0.15, -0.1) is 11.8 Å². The number of phenolic OH excluding ortho intramolecular Hbond substituents is 1. The van der Waals surface area contributed by atoms with Crippen LogP contribution >= 0.6 is 11.8 Å². The number of hydrogen-bond acceptors (Lipinski definition) is 9. The highest BCUT2D eigenvalue weighted by Gasteiger charge is 2.54. The molecular weight excluding hydrogens is 430 g/mol. The van der Waals surface area contributed by atoms with Crippen LogP contribution in [0.5, 0.6) is 11.5 Å². The summed E-state index contributed by atoms with van der Waals surface area (Å²) in [5.41, 5.74) is 5.85. The molecule has 1 fully saturated rings. The van der Waals surface area contributed by atoms with E-state index in [1.807, 2.05) is 0 Å². The Kier molecular flexibility index (Phi) is 6.71. The van der Waals surface area contributed by atoms with Crippen molar-refractivity contribution in [2.24, 2.45) is 5.73 Å². The molecule has 2 aliphatic rings. The number of nitrogens with zero attached hydrogens (tertiary/aromatic N) is 1. The van der Waals surface area contributed by atoms with Gasteiger partial charge in [-0.25, -0.2) is 4.79 Å². The van der Waals surface area contributed by atoms with E-state index in [1.165, 1.54) is 30.8 Å². The lowest BCUT2D eigenvalue weighted by molar-refractivity contribution is -0.151. The Bertz CT molecular complexity index is 963. The average molecular weight is 451 g/mol. The normalized spacial score (nSPS) is 19.9. The average Bonchev–Trinajstić information content (AvgIpc) is 2.71. The van der Waals surface area contributed by atoms with E-state index in [1.54, 1.807) is 6.07 Å². The molecule has 5 N–H and O–H groups in total. The Morgan fingerprint density at radius 1 is 1.35 bits per heavy atom. The number of esters is 1. The molecule has 2 atom stereocenters. The summed E-state index contributed by atoms with van der Waals surface area (Å²) in [6.45, 7) is 0.881. The molecule has 0 aromatic heterocycles. The van der Waals surface area contributed by atoms with E-state index in [0.717, 1.165) is 4.90 Å². The van der Waals surface area contributed by atoms with Gasteiger partial charge in [-0.3, -0.25) is 25.0 Å². The largest absolute Gasteiger partial charge is 0.504 e. The summed E-state index contributed by atoms with van der Waals surface area (Å²) < 4.78 is 9.90. The van der Waals surface area contributed by atoms with Crippen molar-refractivity contribution in [3.8, 4) is 11.5 Å². The Morgan fingerprint density at radius 2 is 2.10 bits per heavy atom. The fourth-order valence-corrected chi connectivity index (χ4v) is 4.60. The van der Waals surface area contributed by atoms with E-state index in [2.05, 4.69) is 5.32 Å². The Balaban J connectivity index is 1.65.